The van der Waals surface area contributed by atoms with E-state index in [-0.39, 0.29) is 18.3 Å². The maximum atomic E-state index is 12.8. The van der Waals surface area contributed by atoms with Crippen LogP contribution in [0.3, 0.4) is 0 Å². The number of carbonyl (C=O) groups excluding carboxylic acids is 1. The van der Waals surface area contributed by atoms with Crippen LogP contribution in [0.5, 0.6) is 5.75 Å². The molecule has 1 aromatic heterocycles. The number of benzene rings is 1. The number of nitrogens with zero attached hydrogens (tertiary/aromatic N) is 4. The Morgan fingerprint density at radius 1 is 1.21 bits per heavy atom. The second-order valence-electron chi connectivity index (χ2n) is 5.44. The number of rotatable bonds is 5. The number of anilines is 1. The molecule has 0 unspecified atom stereocenters. The summed E-state index contributed by atoms with van der Waals surface area (Å²) in [5.41, 5.74) is 0. The first kappa shape index (κ1) is 16.2. The molecule has 0 atom stereocenters. The van der Waals surface area contributed by atoms with Gasteiger partial charge in [-0.1, -0.05) is 12.0 Å². The number of amides is 1. The smallest absolute Gasteiger partial charge is 0.318 e. The van der Waals surface area contributed by atoms with E-state index in [0.29, 0.717) is 50.3 Å². The van der Waals surface area contributed by atoms with Gasteiger partial charge in [0, 0.05) is 32.6 Å². The second-order valence-corrected chi connectivity index (χ2v) is 5.44. The van der Waals surface area contributed by atoms with Gasteiger partial charge >= 0.3 is 6.01 Å². The predicted octanol–water partition coefficient (Wildman–Crippen LogP) is 1.50. The standard InChI is InChI=1S/C16H19FN4O3/c1-2-14-18-19-16(24-14)21-9-7-20(8-10-21)15(22)11-23-13-5-3-12(17)4-6-13/h3-6H,2,7-11H2,1H3. The number of carbonyl (C=O) groups is 1. The molecule has 2 heterocycles. The van der Waals surface area contributed by atoms with E-state index in [1.54, 1.807) is 4.90 Å². The predicted molar refractivity (Wildman–Crippen MR) is 84.4 cm³/mol. The lowest BCUT2D eigenvalue weighted by Crippen LogP contribution is -2.50. The zero-order valence-corrected chi connectivity index (χ0v) is 13.4. The zero-order chi connectivity index (χ0) is 16.9. The molecule has 1 aromatic carbocycles. The van der Waals surface area contributed by atoms with Crippen molar-refractivity contribution in [3.63, 3.8) is 0 Å². The van der Waals surface area contributed by atoms with E-state index in [0.717, 1.165) is 0 Å². The number of aromatic nitrogens is 2. The highest BCUT2D eigenvalue weighted by Crippen LogP contribution is 2.15. The van der Waals surface area contributed by atoms with Gasteiger partial charge in [0.1, 0.15) is 11.6 Å². The third kappa shape index (κ3) is 3.81. The molecule has 0 aliphatic carbocycles. The summed E-state index contributed by atoms with van der Waals surface area (Å²) < 4.78 is 23.7. The lowest BCUT2D eigenvalue weighted by molar-refractivity contribution is -0.133. The quantitative estimate of drug-likeness (QED) is 0.825. The first-order valence-electron chi connectivity index (χ1n) is 7.89. The number of piperazine rings is 1. The maximum Gasteiger partial charge on any atom is 0.318 e. The van der Waals surface area contributed by atoms with E-state index in [2.05, 4.69) is 10.2 Å². The lowest BCUT2D eigenvalue weighted by atomic mass is 10.3. The third-order valence-corrected chi connectivity index (χ3v) is 3.84. The Bertz CT molecular complexity index is 681. The summed E-state index contributed by atoms with van der Waals surface area (Å²) in [6, 6.07) is 6.10. The summed E-state index contributed by atoms with van der Waals surface area (Å²) in [6.45, 7) is 4.29. The third-order valence-electron chi connectivity index (χ3n) is 3.84. The molecule has 1 amide bonds. The fraction of sp³-hybridized carbons (Fsp3) is 0.438. The number of hydrogen-bond acceptors (Lipinski definition) is 6. The van der Waals surface area contributed by atoms with Crippen LogP contribution in [0.25, 0.3) is 0 Å². The Labute approximate surface area is 139 Å². The molecule has 128 valence electrons. The van der Waals surface area contributed by atoms with Gasteiger partial charge in [-0.25, -0.2) is 4.39 Å². The van der Waals surface area contributed by atoms with Gasteiger partial charge in [-0.15, -0.1) is 5.10 Å². The SMILES string of the molecule is CCc1nnc(N2CCN(C(=O)COc3ccc(F)cc3)CC2)o1. The fourth-order valence-corrected chi connectivity index (χ4v) is 2.43. The van der Waals surface area contributed by atoms with Crippen molar-refractivity contribution in [1.82, 2.24) is 15.1 Å². The van der Waals surface area contributed by atoms with Crippen LogP contribution in [-0.4, -0.2) is 53.8 Å². The summed E-state index contributed by atoms with van der Waals surface area (Å²) >= 11 is 0. The maximum absolute atomic E-state index is 12.8. The van der Waals surface area contributed by atoms with Crippen LogP contribution < -0.4 is 9.64 Å². The Hall–Kier alpha value is -2.64. The molecular formula is C16H19FN4O3. The van der Waals surface area contributed by atoms with Crippen molar-refractivity contribution >= 4 is 11.9 Å². The number of hydrogen-bond donors (Lipinski definition) is 0. The minimum absolute atomic E-state index is 0.0633. The van der Waals surface area contributed by atoms with Gasteiger partial charge in [0.05, 0.1) is 0 Å². The molecular weight excluding hydrogens is 315 g/mol. The van der Waals surface area contributed by atoms with E-state index >= 15 is 0 Å². The highest BCUT2D eigenvalue weighted by atomic mass is 19.1. The topological polar surface area (TPSA) is 71.7 Å². The Kier molecular flexibility index (Phi) is 4.93. The summed E-state index contributed by atoms with van der Waals surface area (Å²) in [7, 11) is 0. The molecule has 2 aromatic rings. The molecule has 3 rings (SSSR count). The fourth-order valence-electron chi connectivity index (χ4n) is 2.43. The lowest BCUT2D eigenvalue weighted by Gasteiger charge is -2.33. The Balaban J connectivity index is 1.47. The number of halogens is 1. The monoisotopic (exact) mass is 334 g/mol. The van der Waals surface area contributed by atoms with Crippen molar-refractivity contribution in [1.29, 1.82) is 0 Å². The average molecular weight is 334 g/mol. The van der Waals surface area contributed by atoms with Crippen LogP contribution in [0.4, 0.5) is 10.4 Å². The molecule has 0 spiro atoms. The van der Waals surface area contributed by atoms with Gasteiger partial charge in [0.15, 0.2) is 6.61 Å². The summed E-state index contributed by atoms with van der Waals surface area (Å²) in [6.07, 6.45) is 0.701. The Morgan fingerprint density at radius 2 is 1.92 bits per heavy atom. The first-order chi connectivity index (χ1) is 11.7. The molecule has 1 fully saturated rings. The van der Waals surface area contributed by atoms with Crippen molar-refractivity contribution < 1.29 is 18.3 Å². The van der Waals surface area contributed by atoms with Gasteiger partial charge in [0.2, 0.25) is 5.89 Å². The van der Waals surface area contributed by atoms with E-state index in [9.17, 15) is 9.18 Å². The normalized spacial score (nSPS) is 14.8. The summed E-state index contributed by atoms with van der Waals surface area (Å²) in [5.74, 6) is 0.647. The van der Waals surface area contributed by atoms with Crippen molar-refractivity contribution in [3.05, 3.63) is 36.0 Å². The van der Waals surface area contributed by atoms with Crippen LogP contribution in [0.2, 0.25) is 0 Å². The first-order valence-corrected chi connectivity index (χ1v) is 7.89. The molecule has 0 bridgehead atoms. The van der Waals surface area contributed by atoms with Crippen molar-refractivity contribution in [2.45, 2.75) is 13.3 Å². The largest absolute Gasteiger partial charge is 0.484 e. The number of ether oxygens (including phenoxy) is 1. The zero-order valence-electron chi connectivity index (χ0n) is 13.4. The van der Waals surface area contributed by atoms with Crippen molar-refractivity contribution in [2.24, 2.45) is 0 Å². The van der Waals surface area contributed by atoms with Crippen LogP contribution in [0, 0.1) is 5.82 Å². The van der Waals surface area contributed by atoms with Crippen LogP contribution >= 0.6 is 0 Å². The molecule has 1 aliphatic rings. The molecule has 1 aliphatic heterocycles. The van der Waals surface area contributed by atoms with Crippen LogP contribution in [-0.2, 0) is 11.2 Å². The minimum atomic E-state index is -0.336. The van der Waals surface area contributed by atoms with Gasteiger partial charge in [-0.3, -0.25) is 4.79 Å². The Morgan fingerprint density at radius 3 is 2.54 bits per heavy atom. The molecule has 0 saturated carbocycles. The number of aryl methyl sites for hydroxylation is 1. The highest BCUT2D eigenvalue weighted by Gasteiger charge is 2.24. The van der Waals surface area contributed by atoms with Crippen LogP contribution in [0.1, 0.15) is 12.8 Å². The molecule has 24 heavy (non-hydrogen) atoms. The van der Waals surface area contributed by atoms with E-state index in [1.165, 1.54) is 24.3 Å². The molecule has 1 saturated heterocycles. The van der Waals surface area contributed by atoms with Crippen molar-refractivity contribution in [2.75, 3.05) is 37.7 Å². The van der Waals surface area contributed by atoms with Gasteiger partial charge in [0.25, 0.3) is 5.91 Å². The minimum Gasteiger partial charge on any atom is -0.484 e. The molecule has 0 N–H and O–H groups in total. The van der Waals surface area contributed by atoms with Crippen LogP contribution in [0.15, 0.2) is 28.7 Å². The second kappa shape index (κ2) is 7.29. The molecule has 0 radical (unpaired) electrons. The highest BCUT2D eigenvalue weighted by molar-refractivity contribution is 5.78. The van der Waals surface area contributed by atoms with E-state index in [1.807, 2.05) is 11.8 Å². The summed E-state index contributed by atoms with van der Waals surface area (Å²) in [5, 5.41) is 7.96. The van der Waals surface area contributed by atoms with Gasteiger partial charge < -0.3 is 19.0 Å². The van der Waals surface area contributed by atoms with E-state index in [4.69, 9.17) is 9.15 Å². The average Bonchev–Trinajstić information content (AvgIpc) is 3.10. The van der Waals surface area contributed by atoms with Gasteiger partial charge in [-0.2, -0.15) is 0 Å². The molecule has 8 heteroatoms. The van der Waals surface area contributed by atoms with Gasteiger partial charge in [-0.05, 0) is 24.3 Å². The van der Waals surface area contributed by atoms with Crippen molar-refractivity contribution in [3.8, 4) is 5.75 Å². The van der Waals surface area contributed by atoms with E-state index < -0.39 is 0 Å². The summed E-state index contributed by atoms with van der Waals surface area (Å²) in [4.78, 5) is 15.9. The molecule has 7 nitrogen and oxygen atoms in total.